The van der Waals surface area contributed by atoms with Crippen molar-refractivity contribution >= 4 is 27.3 Å². The molecular weight excluding hydrogens is 455 g/mol. The van der Waals surface area contributed by atoms with Gasteiger partial charge in [0.25, 0.3) is 5.91 Å². The zero-order valence-corrected chi connectivity index (χ0v) is 18.8. The van der Waals surface area contributed by atoms with Gasteiger partial charge in [-0.15, -0.1) is 0 Å². The van der Waals surface area contributed by atoms with E-state index in [2.05, 4.69) is 0 Å². The molecule has 0 aliphatic carbocycles. The molecule has 1 aliphatic heterocycles. The molecule has 3 aromatic rings. The summed E-state index contributed by atoms with van der Waals surface area (Å²) in [4.78, 5) is 16.7. The van der Waals surface area contributed by atoms with E-state index in [1.165, 1.54) is 30.3 Å². The number of rotatable bonds is 6. The molecular formula is C23H22ClFN2O4S. The first-order valence-corrected chi connectivity index (χ1v) is 12.2. The van der Waals surface area contributed by atoms with Crippen LogP contribution in [0.15, 0.2) is 70.0 Å². The van der Waals surface area contributed by atoms with Gasteiger partial charge in [-0.25, -0.2) is 12.8 Å². The van der Waals surface area contributed by atoms with Gasteiger partial charge in [0.1, 0.15) is 17.3 Å². The molecule has 0 saturated carbocycles. The fourth-order valence-corrected chi connectivity index (χ4v) is 5.13. The van der Waals surface area contributed by atoms with Crippen molar-refractivity contribution < 1.29 is 22.0 Å². The van der Waals surface area contributed by atoms with Crippen LogP contribution in [-0.2, 0) is 22.1 Å². The van der Waals surface area contributed by atoms with E-state index in [-0.39, 0.29) is 33.9 Å². The van der Waals surface area contributed by atoms with Crippen molar-refractivity contribution in [3.63, 3.8) is 0 Å². The molecule has 1 saturated heterocycles. The number of carbonyl (C=O) groups excluding carboxylic acids is 1. The summed E-state index contributed by atoms with van der Waals surface area (Å²) in [5.41, 5.74) is 0.448. The Morgan fingerprint density at radius 2 is 1.69 bits per heavy atom. The number of hydrogen-bond acceptors (Lipinski definition) is 5. The highest BCUT2D eigenvalue weighted by atomic mass is 35.5. The molecule has 1 aromatic heterocycles. The van der Waals surface area contributed by atoms with Gasteiger partial charge in [0.15, 0.2) is 15.6 Å². The molecule has 1 amide bonds. The lowest BCUT2D eigenvalue weighted by molar-refractivity contribution is 0.0595. The van der Waals surface area contributed by atoms with Crippen LogP contribution in [0.1, 0.15) is 21.9 Å². The molecule has 1 fully saturated rings. The van der Waals surface area contributed by atoms with Crippen molar-refractivity contribution in [2.75, 3.05) is 26.2 Å². The molecule has 0 bridgehead atoms. The first-order chi connectivity index (χ1) is 15.3. The van der Waals surface area contributed by atoms with E-state index in [1.54, 1.807) is 35.2 Å². The van der Waals surface area contributed by atoms with Gasteiger partial charge in [-0.05, 0) is 36.4 Å². The van der Waals surface area contributed by atoms with Crippen LogP contribution in [-0.4, -0.2) is 50.3 Å². The standard InChI is InChI=1S/C23H22ClFN2O4S/c24-20-7-4-8-21(25)19(20)15-26-11-13-27(14-12-26)23(28)22-10-9-17(31-22)16-32(29,30)18-5-2-1-3-6-18/h1-10H,11-16H2. The molecule has 32 heavy (non-hydrogen) atoms. The van der Waals surface area contributed by atoms with Crippen LogP contribution in [0.2, 0.25) is 5.02 Å². The fourth-order valence-electron chi connectivity index (χ4n) is 3.64. The topological polar surface area (TPSA) is 70.8 Å². The van der Waals surface area contributed by atoms with Crippen molar-refractivity contribution in [2.24, 2.45) is 0 Å². The second-order valence-corrected chi connectivity index (χ2v) is 10.0. The molecule has 2 aromatic carbocycles. The molecule has 0 atom stereocenters. The number of halogens is 2. The normalized spacial score (nSPS) is 15.1. The quantitative estimate of drug-likeness (QED) is 0.537. The van der Waals surface area contributed by atoms with Crippen molar-refractivity contribution in [3.8, 4) is 0 Å². The Morgan fingerprint density at radius 1 is 0.969 bits per heavy atom. The second-order valence-electron chi connectivity index (χ2n) is 7.61. The minimum Gasteiger partial charge on any atom is -0.455 e. The molecule has 4 rings (SSSR count). The van der Waals surface area contributed by atoms with E-state index in [0.29, 0.717) is 43.3 Å². The van der Waals surface area contributed by atoms with Crippen LogP contribution < -0.4 is 0 Å². The SMILES string of the molecule is O=C(c1ccc(CS(=O)(=O)c2ccccc2)o1)N1CCN(Cc2c(F)cccc2Cl)CC1. The number of furan rings is 1. The number of nitrogens with zero attached hydrogens (tertiary/aromatic N) is 2. The highest BCUT2D eigenvalue weighted by Gasteiger charge is 2.26. The van der Waals surface area contributed by atoms with Gasteiger partial charge in [0.05, 0.1) is 4.90 Å². The van der Waals surface area contributed by atoms with Crippen LogP contribution >= 0.6 is 11.6 Å². The van der Waals surface area contributed by atoms with E-state index < -0.39 is 9.84 Å². The predicted molar refractivity (Wildman–Crippen MR) is 119 cm³/mol. The summed E-state index contributed by atoms with van der Waals surface area (Å²) in [6.45, 7) is 2.39. The highest BCUT2D eigenvalue weighted by molar-refractivity contribution is 7.90. The number of benzene rings is 2. The van der Waals surface area contributed by atoms with Gasteiger partial charge in [0, 0.05) is 43.3 Å². The summed E-state index contributed by atoms with van der Waals surface area (Å²) >= 11 is 6.11. The Morgan fingerprint density at radius 3 is 2.38 bits per heavy atom. The first-order valence-electron chi connectivity index (χ1n) is 10.1. The number of sulfone groups is 1. The zero-order valence-electron chi connectivity index (χ0n) is 17.2. The largest absolute Gasteiger partial charge is 0.455 e. The number of amides is 1. The number of carbonyl (C=O) groups is 1. The van der Waals surface area contributed by atoms with Crippen molar-refractivity contribution in [1.82, 2.24) is 9.80 Å². The Balaban J connectivity index is 1.35. The Labute approximate surface area is 191 Å². The maximum absolute atomic E-state index is 14.0. The summed E-state index contributed by atoms with van der Waals surface area (Å²) in [7, 11) is -3.56. The van der Waals surface area contributed by atoms with Gasteiger partial charge < -0.3 is 9.32 Å². The summed E-state index contributed by atoms with van der Waals surface area (Å²) in [5.74, 6) is -0.637. The summed E-state index contributed by atoms with van der Waals surface area (Å²) < 4.78 is 44.6. The third-order valence-corrected chi connectivity index (χ3v) is 7.42. The van der Waals surface area contributed by atoms with E-state index >= 15 is 0 Å². The molecule has 0 spiro atoms. The van der Waals surface area contributed by atoms with E-state index in [4.69, 9.17) is 16.0 Å². The minimum absolute atomic E-state index is 0.105. The smallest absolute Gasteiger partial charge is 0.289 e. The second kappa shape index (κ2) is 9.44. The van der Waals surface area contributed by atoms with Crippen LogP contribution in [0.25, 0.3) is 0 Å². The number of hydrogen-bond donors (Lipinski definition) is 0. The van der Waals surface area contributed by atoms with Crippen LogP contribution in [0.3, 0.4) is 0 Å². The molecule has 6 nitrogen and oxygen atoms in total. The van der Waals surface area contributed by atoms with E-state index in [0.717, 1.165) is 0 Å². The molecule has 2 heterocycles. The third kappa shape index (κ3) is 5.03. The van der Waals surface area contributed by atoms with Gasteiger partial charge in [-0.1, -0.05) is 35.9 Å². The highest BCUT2D eigenvalue weighted by Crippen LogP contribution is 2.22. The van der Waals surface area contributed by atoms with Crippen LogP contribution in [0.4, 0.5) is 4.39 Å². The maximum Gasteiger partial charge on any atom is 0.289 e. The average molecular weight is 477 g/mol. The lowest BCUT2D eigenvalue weighted by Gasteiger charge is -2.34. The molecule has 9 heteroatoms. The predicted octanol–water partition coefficient (Wildman–Crippen LogP) is 4.00. The van der Waals surface area contributed by atoms with Crippen molar-refractivity contribution in [1.29, 1.82) is 0 Å². The third-order valence-electron chi connectivity index (χ3n) is 5.41. The summed E-state index contributed by atoms with van der Waals surface area (Å²) in [6.07, 6.45) is 0. The van der Waals surface area contributed by atoms with Gasteiger partial charge in [0.2, 0.25) is 0 Å². The van der Waals surface area contributed by atoms with Gasteiger partial charge in [-0.3, -0.25) is 9.69 Å². The summed E-state index contributed by atoms with van der Waals surface area (Å²) in [6, 6.07) is 15.7. The van der Waals surface area contributed by atoms with Crippen molar-refractivity contribution in [3.05, 3.63) is 88.6 Å². The fraction of sp³-hybridized carbons (Fsp3) is 0.261. The molecule has 0 unspecified atom stereocenters. The summed E-state index contributed by atoms with van der Waals surface area (Å²) in [5, 5.41) is 0.386. The monoisotopic (exact) mass is 476 g/mol. The van der Waals surface area contributed by atoms with Crippen LogP contribution in [0.5, 0.6) is 0 Å². The lowest BCUT2D eigenvalue weighted by atomic mass is 10.2. The maximum atomic E-state index is 14.0. The molecule has 0 radical (unpaired) electrons. The van der Waals surface area contributed by atoms with Crippen LogP contribution in [0, 0.1) is 5.82 Å². The van der Waals surface area contributed by atoms with Gasteiger partial charge in [-0.2, -0.15) is 0 Å². The zero-order chi connectivity index (χ0) is 22.7. The van der Waals surface area contributed by atoms with Gasteiger partial charge >= 0.3 is 0 Å². The Kier molecular flexibility index (Phi) is 6.64. The van der Waals surface area contributed by atoms with E-state index in [9.17, 15) is 17.6 Å². The molecule has 168 valence electrons. The molecule has 0 N–H and O–H groups in total. The lowest BCUT2D eigenvalue weighted by Crippen LogP contribution is -2.48. The minimum atomic E-state index is -3.56. The van der Waals surface area contributed by atoms with E-state index in [1.807, 2.05) is 4.90 Å². The Bertz CT molecular complexity index is 1190. The van der Waals surface area contributed by atoms with Crippen molar-refractivity contribution in [2.45, 2.75) is 17.2 Å². The number of piperazine rings is 1. The average Bonchev–Trinajstić information content (AvgIpc) is 3.25. The first kappa shape index (κ1) is 22.5. The Hall–Kier alpha value is -2.68. The molecule has 1 aliphatic rings.